The fourth-order valence-electron chi connectivity index (χ4n) is 17.0. The zero-order valence-electron chi connectivity index (χ0n) is 79.2. The number of amides is 5. The van der Waals surface area contributed by atoms with Gasteiger partial charge < -0.3 is 24.5 Å². The highest BCUT2D eigenvalue weighted by atomic mass is 19.1. The van der Waals surface area contributed by atoms with E-state index in [0.717, 1.165) is 142 Å². The summed E-state index contributed by atoms with van der Waals surface area (Å²) in [5.41, 5.74) is 19.3. The van der Waals surface area contributed by atoms with Crippen LogP contribution in [0.3, 0.4) is 0 Å². The number of para-hydroxylation sites is 15. The van der Waals surface area contributed by atoms with Crippen LogP contribution in [0.5, 0.6) is 0 Å². The number of rotatable bonds is 24. The van der Waals surface area contributed by atoms with Gasteiger partial charge in [0.25, 0.3) is 29.5 Å². The molecular formula is C117H106F3N15O5. The number of imidazole rings is 5. The van der Waals surface area contributed by atoms with Crippen LogP contribution in [0.15, 0.2) is 388 Å². The third-order valence-corrected chi connectivity index (χ3v) is 23.9. The highest BCUT2D eigenvalue weighted by molar-refractivity contribution is 5.98. The van der Waals surface area contributed by atoms with Crippen LogP contribution in [0.4, 0.5) is 13.2 Å². The van der Waals surface area contributed by atoms with Crippen LogP contribution in [-0.2, 0) is 32.7 Å². The largest absolute Gasteiger partial charge is 0.334 e. The number of hydrogen-bond acceptors (Lipinski definition) is 10. The maximum atomic E-state index is 14.1. The number of nitrogens with zero attached hydrogens (tertiary/aromatic N) is 15. The molecule has 0 unspecified atom stereocenters. The topological polar surface area (TPSA) is 191 Å². The molecule has 23 heteroatoms. The van der Waals surface area contributed by atoms with Gasteiger partial charge in [0, 0.05) is 84.9 Å². The minimum atomic E-state index is -0.522. The van der Waals surface area contributed by atoms with E-state index in [1.165, 1.54) is 35.2 Å². The van der Waals surface area contributed by atoms with Gasteiger partial charge in [-0.05, 0) is 227 Å². The van der Waals surface area contributed by atoms with Gasteiger partial charge in [0.15, 0.2) is 0 Å². The molecule has 0 radical (unpaired) electrons. The number of aryl methyl sites for hydroxylation is 3. The molecule has 20 aromatic rings. The van der Waals surface area contributed by atoms with Crippen molar-refractivity contribution in [1.82, 2.24) is 72.3 Å². The minimum absolute atomic E-state index is 0.00729. The van der Waals surface area contributed by atoms with E-state index in [0.29, 0.717) is 61.5 Å². The number of hydrogen-bond donors (Lipinski definition) is 0. The van der Waals surface area contributed by atoms with Crippen molar-refractivity contribution < 1.29 is 37.1 Å². The van der Waals surface area contributed by atoms with E-state index < -0.39 is 11.6 Å². The summed E-state index contributed by atoms with van der Waals surface area (Å²) in [7, 11) is 5.30. The van der Waals surface area contributed by atoms with Gasteiger partial charge in [-0.25, -0.2) is 38.1 Å². The van der Waals surface area contributed by atoms with E-state index in [1.54, 1.807) is 70.0 Å². The third-order valence-electron chi connectivity index (χ3n) is 23.9. The zero-order chi connectivity index (χ0) is 97.7. The molecule has 0 atom stereocenters. The summed E-state index contributed by atoms with van der Waals surface area (Å²) in [6, 6.07) is 122. The molecule has 0 aliphatic rings. The Kier molecular flexibility index (Phi) is 30.8. The van der Waals surface area contributed by atoms with Crippen molar-refractivity contribution in [2.24, 2.45) is 0 Å². The first-order valence-corrected chi connectivity index (χ1v) is 46.5. The Balaban J connectivity index is 0.000000126. The van der Waals surface area contributed by atoms with E-state index in [2.05, 4.69) is 54.7 Å². The van der Waals surface area contributed by atoms with Crippen molar-refractivity contribution in [3.63, 3.8) is 0 Å². The molecule has 20 rings (SSSR count). The van der Waals surface area contributed by atoms with Gasteiger partial charge in [-0.2, -0.15) is 0 Å². The Morgan fingerprint density at radius 2 is 0.550 bits per heavy atom. The lowest BCUT2D eigenvalue weighted by Crippen LogP contribution is -2.32. The van der Waals surface area contributed by atoms with E-state index >= 15 is 0 Å². The van der Waals surface area contributed by atoms with Crippen molar-refractivity contribution in [2.75, 3.05) is 34.2 Å². The van der Waals surface area contributed by atoms with Gasteiger partial charge in [-0.15, -0.1) is 0 Å². The average molecular weight is 1860 g/mol. The molecule has 5 heterocycles. The van der Waals surface area contributed by atoms with Gasteiger partial charge in [-0.3, -0.25) is 46.8 Å². The second-order valence-electron chi connectivity index (χ2n) is 34.0. The SMILES string of the molecule is CCCN(Cc1nc2ccccc2n1-c1ccccc1)C(=O)c1ccc(C)c(F)c1.CCCN(Cc1nc2ccccc2n1-c1ccccc1)C(=O)c1cccc(F)c1.CN(Cc1nc2ccccc2n1-c1ccccc1)C(=O)c1ccccc1.CN(Cc1nc2ccccc2n1-c1ccccc1)C(=O)c1ccccc1F.Cc1ccc(C)c(C(=O)N(C)Cc2nc3ccccc3n2-c2ccccc2)c1. The lowest BCUT2D eigenvalue weighted by Gasteiger charge is -2.23. The number of aromatic nitrogens is 10. The first-order chi connectivity index (χ1) is 68.2. The molecule has 700 valence electrons. The molecule has 0 aliphatic carbocycles. The minimum Gasteiger partial charge on any atom is -0.334 e. The van der Waals surface area contributed by atoms with E-state index in [1.807, 2.05) is 331 Å². The standard InChI is InChI=1S/C25H24FN3O.C24H22FN3O.C24H23N3O.C22H18FN3O.C22H19N3O/c1-3-15-28(25(30)19-14-13-18(2)21(26)16-19)17-24-27-22-11-7-8-12-23(22)29(24)20-9-5-4-6-10-20;1-2-15-27(24(29)18-9-8-10-19(25)16-18)17-23-26-21-13-6-7-14-22(21)28(23)20-11-4-3-5-12-20;1-17-13-14-18(2)20(15-17)24(28)26(3)16-23-25-21-11-7-8-12-22(21)27(23)19-9-5-4-6-10-19;1-25(22(27)17-11-5-6-12-18(17)23)15-21-24-19-13-7-8-14-20(19)26(21)16-9-3-2-4-10-16;1-24(22(26)17-10-4-2-5-11-17)16-21-23-19-14-8-9-15-20(19)25(21)18-12-6-3-7-13-18/h4-14,16H,3,15,17H2,1-2H3;3-14,16H,2,15,17H2,1H3;4-15H,16H2,1-3H3;2-14H,15H2,1H3;2-15H,16H2,1H3. The highest BCUT2D eigenvalue weighted by Crippen LogP contribution is 2.31. The van der Waals surface area contributed by atoms with Gasteiger partial charge in [0.1, 0.15) is 46.6 Å². The van der Waals surface area contributed by atoms with Gasteiger partial charge in [0.05, 0.1) is 93.5 Å². The van der Waals surface area contributed by atoms with Gasteiger partial charge >= 0.3 is 0 Å². The van der Waals surface area contributed by atoms with Crippen molar-refractivity contribution >= 4 is 84.7 Å². The van der Waals surface area contributed by atoms with E-state index in [4.69, 9.17) is 24.9 Å². The maximum Gasteiger partial charge on any atom is 0.256 e. The van der Waals surface area contributed by atoms with Crippen LogP contribution in [0, 0.1) is 38.2 Å². The summed E-state index contributed by atoms with van der Waals surface area (Å²) in [5.74, 6) is 1.87. The normalized spacial score (nSPS) is 10.9. The van der Waals surface area contributed by atoms with Gasteiger partial charge in [0.2, 0.25) is 0 Å². The van der Waals surface area contributed by atoms with Crippen LogP contribution < -0.4 is 0 Å². The number of benzene rings is 15. The zero-order valence-corrected chi connectivity index (χ0v) is 79.2. The molecule has 0 aliphatic heterocycles. The van der Waals surface area contributed by atoms with Crippen LogP contribution in [0.1, 0.15) is 124 Å². The number of halogens is 3. The van der Waals surface area contributed by atoms with Gasteiger partial charge in [-0.1, -0.05) is 226 Å². The fraction of sp³-hybridized carbons (Fsp3) is 0.145. The predicted octanol–water partition coefficient (Wildman–Crippen LogP) is 24.4. The lowest BCUT2D eigenvalue weighted by molar-refractivity contribution is 0.0731. The summed E-state index contributed by atoms with van der Waals surface area (Å²) in [6.07, 6.45) is 1.60. The average Bonchev–Trinajstić information content (AvgIpc) is 1.65. The smallest absolute Gasteiger partial charge is 0.256 e. The van der Waals surface area contributed by atoms with Crippen LogP contribution >= 0.6 is 0 Å². The summed E-state index contributed by atoms with van der Waals surface area (Å²) in [5, 5.41) is 0. The predicted molar refractivity (Wildman–Crippen MR) is 549 cm³/mol. The summed E-state index contributed by atoms with van der Waals surface area (Å²) < 4.78 is 52.1. The van der Waals surface area contributed by atoms with Crippen LogP contribution in [0.25, 0.3) is 83.6 Å². The molecule has 0 bridgehead atoms. The van der Waals surface area contributed by atoms with Crippen LogP contribution in [-0.4, -0.2) is 136 Å². The summed E-state index contributed by atoms with van der Waals surface area (Å²) in [4.78, 5) is 97.0. The van der Waals surface area contributed by atoms with E-state index in [-0.39, 0.29) is 47.5 Å². The van der Waals surface area contributed by atoms with Crippen LogP contribution in [0.2, 0.25) is 0 Å². The highest BCUT2D eigenvalue weighted by Gasteiger charge is 2.27. The van der Waals surface area contributed by atoms with Crippen molar-refractivity contribution in [1.29, 1.82) is 0 Å². The third kappa shape index (κ3) is 22.3. The Labute approximate surface area is 811 Å². The van der Waals surface area contributed by atoms with Crippen molar-refractivity contribution in [3.05, 3.63) is 479 Å². The second kappa shape index (κ2) is 45.0. The maximum absolute atomic E-state index is 14.1. The number of fused-ring (bicyclic) bond motifs is 5. The Bertz CT molecular complexity index is 7720. The molecule has 20 nitrogen and oxygen atoms in total. The molecule has 5 amide bonds. The second-order valence-corrected chi connectivity index (χ2v) is 34.0. The first kappa shape index (κ1) is 95.9. The number of carbonyl (C=O) groups excluding carboxylic acids is 5. The molecule has 0 fully saturated rings. The van der Waals surface area contributed by atoms with E-state index in [9.17, 15) is 37.1 Å². The summed E-state index contributed by atoms with van der Waals surface area (Å²) >= 11 is 0. The van der Waals surface area contributed by atoms with Crippen molar-refractivity contribution in [2.45, 2.75) is 80.2 Å². The molecule has 140 heavy (non-hydrogen) atoms. The molecule has 0 N–H and O–H groups in total. The molecular weight excluding hydrogens is 1750 g/mol. The Hall–Kier alpha value is -17.2. The molecule has 0 spiro atoms. The summed E-state index contributed by atoms with van der Waals surface area (Å²) in [6.45, 7) is 12.6. The Morgan fingerprint density at radius 1 is 0.257 bits per heavy atom. The monoisotopic (exact) mass is 1860 g/mol. The number of carbonyl (C=O) groups is 5. The Morgan fingerprint density at radius 3 is 0.893 bits per heavy atom. The fourth-order valence-corrected chi connectivity index (χ4v) is 17.0. The molecule has 15 aromatic carbocycles. The van der Waals surface area contributed by atoms with Crippen molar-refractivity contribution in [3.8, 4) is 28.4 Å². The first-order valence-electron chi connectivity index (χ1n) is 46.5. The lowest BCUT2D eigenvalue weighted by atomic mass is 10.0. The quantitative estimate of drug-likeness (QED) is 0.0562. The molecule has 5 aromatic heterocycles. The molecule has 0 saturated heterocycles. The molecule has 0 saturated carbocycles.